The van der Waals surface area contributed by atoms with Gasteiger partial charge >= 0.3 is 0 Å². The second-order valence-electron chi connectivity index (χ2n) is 10.3. The van der Waals surface area contributed by atoms with Crippen LogP contribution in [0, 0.1) is 20.8 Å². The maximum Gasteiger partial charge on any atom is 0.264 e. The number of rotatable bonds is 11. The van der Waals surface area contributed by atoms with Crippen LogP contribution >= 0.6 is 11.6 Å². The Kier molecular flexibility index (Phi) is 10.4. The van der Waals surface area contributed by atoms with E-state index >= 15 is 0 Å². The van der Waals surface area contributed by atoms with Crippen molar-refractivity contribution >= 4 is 39.1 Å². The van der Waals surface area contributed by atoms with E-state index in [1.807, 2.05) is 58.9 Å². The van der Waals surface area contributed by atoms with Gasteiger partial charge in [0, 0.05) is 17.6 Å². The number of nitrogens with one attached hydrogen (secondary N) is 1. The zero-order chi connectivity index (χ0) is 29.6. The predicted molar refractivity (Wildman–Crippen MR) is 161 cm³/mol. The van der Waals surface area contributed by atoms with Gasteiger partial charge in [-0.05, 0) is 76.4 Å². The standard InChI is InChI=1S/C31H38ClN3O4S/c1-7-24(5)33-31(37)25(6)34(19-26-10-8-9-22(3)17-26)30(36)20-35(27-14-13-23(4)29(32)18-27)40(38,39)28-15-11-21(2)12-16-28/h8-18,24-25H,7,19-20H2,1-6H3,(H,33,37)/t24-,25+/m0/s1. The van der Waals surface area contributed by atoms with Gasteiger partial charge in [-0.2, -0.15) is 0 Å². The number of benzene rings is 3. The molecule has 0 spiro atoms. The molecule has 3 aromatic carbocycles. The van der Waals surface area contributed by atoms with E-state index in [0.717, 1.165) is 33.0 Å². The smallest absolute Gasteiger partial charge is 0.264 e. The van der Waals surface area contributed by atoms with Gasteiger partial charge in [0.2, 0.25) is 11.8 Å². The third-order valence-electron chi connectivity index (χ3n) is 6.93. The van der Waals surface area contributed by atoms with Gasteiger partial charge < -0.3 is 10.2 Å². The SMILES string of the molecule is CC[C@H](C)NC(=O)[C@@H](C)N(Cc1cccc(C)c1)C(=O)CN(c1ccc(C)c(Cl)c1)S(=O)(=O)c1ccc(C)cc1. The Morgan fingerprint density at radius 3 is 2.20 bits per heavy atom. The Morgan fingerprint density at radius 1 is 0.925 bits per heavy atom. The van der Waals surface area contributed by atoms with E-state index in [-0.39, 0.29) is 29.1 Å². The first-order valence-corrected chi connectivity index (χ1v) is 15.2. The molecule has 2 atom stereocenters. The van der Waals surface area contributed by atoms with Gasteiger partial charge in [0.15, 0.2) is 0 Å². The van der Waals surface area contributed by atoms with Crippen LogP contribution in [-0.4, -0.2) is 43.8 Å². The third kappa shape index (κ3) is 7.64. The molecule has 3 rings (SSSR count). The van der Waals surface area contributed by atoms with Crippen LogP contribution in [0.1, 0.15) is 49.4 Å². The van der Waals surface area contributed by atoms with Crippen LogP contribution < -0.4 is 9.62 Å². The normalized spacial score (nSPS) is 12.9. The summed E-state index contributed by atoms with van der Waals surface area (Å²) in [7, 11) is -4.15. The highest BCUT2D eigenvalue weighted by molar-refractivity contribution is 7.92. The summed E-state index contributed by atoms with van der Waals surface area (Å²) >= 11 is 6.38. The average molecular weight is 584 g/mol. The van der Waals surface area contributed by atoms with Crippen LogP contribution in [0.3, 0.4) is 0 Å². The maximum atomic E-state index is 14.0. The van der Waals surface area contributed by atoms with E-state index in [2.05, 4.69) is 5.32 Å². The molecular weight excluding hydrogens is 546 g/mol. The number of hydrogen-bond donors (Lipinski definition) is 1. The fourth-order valence-electron chi connectivity index (χ4n) is 4.16. The number of anilines is 1. The van der Waals surface area contributed by atoms with E-state index < -0.39 is 28.5 Å². The number of halogens is 1. The third-order valence-corrected chi connectivity index (χ3v) is 9.13. The molecule has 2 amide bonds. The van der Waals surface area contributed by atoms with Crippen molar-refractivity contribution in [1.29, 1.82) is 0 Å². The molecule has 0 saturated heterocycles. The molecule has 0 unspecified atom stereocenters. The van der Waals surface area contributed by atoms with Crippen molar-refractivity contribution < 1.29 is 18.0 Å². The molecule has 0 aliphatic carbocycles. The van der Waals surface area contributed by atoms with Crippen molar-refractivity contribution in [3.05, 3.63) is 94.0 Å². The van der Waals surface area contributed by atoms with E-state index in [1.54, 1.807) is 37.3 Å². The van der Waals surface area contributed by atoms with Gasteiger partial charge in [0.05, 0.1) is 10.6 Å². The Balaban J connectivity index is 2.05. The molecule has 7 nitrogen and oxygen atoms in total. The van der Waals surface area contributed by atoms with Crippen molar-refractivity contribution in [3.8, 4) is 0 Å². The Hall–Kier alpha value is -3.36. The highest BCUT2D eigenvalue weighted by atomic mass is 35.5. The molecule has 0 saturated carbocycles. The first-order valence-electron chi connectivity index (χ1n) is 13.3. The Bertz CT molecular complexity index is 1460. The quantitative estimate of drug-likeness (QED) is 0.309. The number of aryl methyl sites for hydroxylation is 3. The lowest BCUT2D eigenvalue weighted by atomic mass is 10.1. The largest absolute Gasteiger partial charge is 0.352 e. The summed E-state index contributed by atoms with van der Waals surface area (Å²) in [5.74, 6) is -0.817. The van der Waals surface area contributed by atoms with Crippen molar-refractivity contribution in [2.45, 2.75) is 71.5 Å². The lowest BCUT2D eigenvalue weighted by Crippen LogP contribution is -2.52. The fraction of sp³-hybridized carbons (Fsp3) is 0.355. The van der Waals surface area contributed by atoms with Gasteiger partial charge in [-0.1, -0.05) is 72.1 Å². The molecule has 0 heterocycles. The molecule has 3 aromatic rings. The van der Waals surface area contributed by atoms with Gasteiger partial charge in [-0.15, -0.1) is 0 Å². The molecule has 9 heteroatoms. The van der Waals surface area contributed by atoms with Gasteiger partial charge in [0.25, 0.3) is 10.0 Å². The summed E-state index contributed by atoms with van der Waals surface area (Å²) in [6.07, 6.45) is 0.737. The van der Waals surface area contributed by atoms with Crippen LogP contribution in [0.25, 0.3) is 0 Å². The van der Waals surface area contributed by atoms with E-state index in [1.165, 1.54) is 17.0 Å². The molecule has 40 heavy (non-hydrogen) atoms. The first-order chi connectivity index (χ1) is 18.8. The summed E-state index contributed by atoms with van der Waals surface area (Å²) in [5, 5.41) is 3.32. The monoisotopic (exact) mass is 583 g/mol. The van der Waals surface area contributed by atoms with E-state index in [4.69, 9.17) is 11.6 Å². The average Bonchev–Trinajstić information content (AvgIpc) is 2.91. The second kappa shape index (κ2) is 13.3. The van der Waals surface area contributed by atoms with Crippen molar-refractivity contribution in [1.82, 2.24) is 10.2 Å². The number of nitrogens with zero attached hydrogens (tertiary/aromatic N) is 2. The number of carbonyl (C=O) groups excluding carboxylic acids is 2. The zero-order valence-corrected chi connectivity index (χ0v) is 25.5. The lowest BCUT2D eigenvalue weighted by molar-refractivity contribution is -0.139. The minimum absolute atomic E-state index is 0.0513. The summed E-state index contributed by atoms with van der Waals surface area (Å²) in [6.45, 7) is 10.8. The molecule has 0 aliphatic heterocycles. The number of sulfonamides is 1. The number of carbonyl (C=O) groups is 2. The first kappa shape index (κ1) is 31.2. The van der Waals surface area contributed by atoms with Gasteiger partial charge in [0.1, 0.15) is 12.6 Å². The van der Waals surface area contributed by atoms with Crippen LogP contribution in [0.2, 0.25) is 5.02 Å². The number of amides is 2. The molecule has 214 valence electrons. The predicted octanol–water partition coefficient (Wildman–Crippen LogP) is 5.79. The summed E-state index contributed by atoms with van der Waals surface area (Å²) in [4.78, 5) is 28.6. The summed E-state index contributed by atoms with van der Waals surface area (Å²) in [5.41, 5.74) is 3.80. The molecular formula is C31H38ClN3O4S. The zero-order valence-electron chi connectivity index (χ0n) is 23.9. The van der Waals surface area contributed by atoms with Gasteiger partial charge in [-0.25, -0.2) is 8.42 Å². The minimum atomic E-state index is -4.15. The van der Waals surface area contributed by atoms with Crippen LogP contribution in [0.4, 0.5) is 5.69 Å². The van der Waals surface area contributed by atoms with Crippen molar-refractivity contribution in [2.75, 3.05) is 10.8 Å². The number of hydrogen-bond acceptors (Lipinski definition) is 4. The molecule has 0 aliphatic rings. The summed E-state index contributed by atoms with van der Waals surface area (Å²) in [6, 6.07) is 18.1. The molecule has 0 aromatic heterocycles. The van der Waals surface area contributed by atoms with Crippen molar-refractivity contribution in [2.24, 2.45) is 0 Å². The highest BCUT2D eigenvalue weighted by Crippen LogP contribution is 2.29. The summed E-state index contributed by atoms with van der Waals surface area (Å²) < 4.78 is 28.9. The van der Waals surface area contributed by atoms with Crippen LogP contribution in [0.5, 0.6) is 0 Å². The lowest BCUT2D eigenvalue weighted by Gasteiger charge is -2.32. The van der Waals surface area contributed by atoms with Crippen LogP contribution in [0.15, 0.2) is 71.6 Å². The molecule has 0 radical (unpaired) electrons. The van der Waals surface area contributed by atoms with Crippen molar-refractivity contribution in [3.63, 3.8) is 0 Å². The van der Waals surface area contributed by atoms with Gasteiger partial charge in [-0.3, -0.25) is 13.9 Å². The Morgan fingerprint density at radius 2 is 1.60 bits per heavy atom. The molecule has 1 N–H and O–H groups in total. The fourth-order valence-corrected chi connectivity index (χ4v) is 5.74. The van der Waals surface area contributed by atoms with E-state index in [9.17, 15) is 18.0 Å². The second-order valence-corrected chi connectivity index (χ2v) is 12.5. The molecule has 0 bridgehead atoms. The topological polar surface area (TPSA) is 86.8 Å². The van der Waals surface area contributed by atoms with Crippen LogP contribution in [-0.2, 0) is 26.2 Å². The van der Waals surface area contributed by atoms with E-state index in [0.29, 0.717) is 5.02 Å². The minimum Gasteiger partial charge on any atom is -0.352 e. The molecule has 0 fully saturated rings. The maximum absolute atomic E-state index is 14.0. The Labute approximate surface area is 243 Å². The highest BCUT2D eigenvalue weighted by Gasteiger charge is 2.33.